The summed E-state index contributed by atoms with van der Waals surface area (Å²) in [6, 6.07) is 15.1. The van der Waals surface area contributed by atoms with Crippen molar-refractivity contribution < 1.29 is 14.3 Å². The zero-order chi connectivity index (χ0) is 21.1. The van der Waals surface area contributed by atoms with E-state index in [2.05, 4.69) is 12.2 Å². The summed E-state index contributed by atoms with van der Waals surface area (Å²) in [4.78, 5) is 28.5. The van der Waals surface area contributed by atoms with E-state index in [1.165, 1.54) is 0 Å². The topological polar surface area (TPSA) is 58.6 Å². The average molecular weight is 405 g/mol. The summed E-state index contributed by atoms with van der Waals surface area (Å²) in [6.45, 7) is 2.08. The second-order valence-electron chi connectivity index (χ2n) is 7.85. The molecule has 5 heteroatoms. The van der Waals surface area contributed by atoms with Crippen LogP contribution >= 0.6 is 0 Å². The summed E-state index contributed by atoms with van der Waals surface area (Å²) in [5.41, 5.74) is 4.27. The predicted molar refractivity (Wildman–Crippen MR) is 119 cm³/mol. The van der Waals surface area contributed by atoms with Crippen molar-refractivity contribution in [1.29, 1.82) is 0 Å². The second-order valence-corrected chi connectivity index (χ2v) is 7.85. The molecule has 0 saturated heterocycles. The maximum atomic E-state index is 13.5. The minimum Gasteiger partial charge on any atom is -0.497 e. The largest absolute Gasteiger partial charge is 0.497 e. The number of carbonyl (C=O) groups is 2. The monoisotopic (exact) mass is 404 g/mol. The molecule has 0 saturated carbocycles. The molecule has 5 nitrogen and oxygen atoms in total. The number of hydrogen-bond acceptors (Lipinski definition) is 4. The lowest BCUT2D eigenvalue weighted by Crippen LogP contribution is -2.37. The standard InChI is InChI=1S/C25H28N2O3/c1-3-4-12-23(29)27-21-10-6-5-8-19(21)26-20-9-7-11-22(28)24(20)25(27)17-13-15-18(30-2)16-14-17/h5-6,8,10,13-16,25-26H,3-4,7,9,11-12H2,1-2H3/t25-/m1/s1. The van der Waals surface area contributed by atoms with Crippen molar-refractivity contribution in [3.8, 4) is 5.75 Å². The Hall–Kier alpha value is -3.08. The van der Waals surface area contributed by atoms with Gasteiger partial charge < -0.3 is 10.1 Å². The first-order chi connectivity index (χ1) is 14.6. The molecular formula is C25H28N2O3. The van der Waals surface area contributed by atoms with Gasteiger partial charge in [0.15, 0.2) is 5.78 Å². The molecule has 2 aliphatic rings. The fourth-order valence-corrected chi connectivity index (χ4v) is 4.36. The molecular weight excluding hydrogens is 376 g/mol. The van der Waals surface area contributed by atoms with Crippen LogP contribution in [0, 0.1) is 0 Å². The van der Waals surface area contributed by atoms with Crippen molar-refractivity contribution in [3.05, 3.63) is 65.4 Å². The molecule has 1 aliphatic carbocycles. The Kier molecular flexibility index (Phi) is 5.88. The number of fused-ring (bicyclic) bond motifs is 1. The number of rotatable bonds is 5. The van der Waals surface area contributed by atoms with Crippen molar-refractivity contribution in [3.63, 3.8) is 0 Å². The first-order valence-corrected chi connectivity index (χ1v) is 10.7. The number of allylic oxidation sites excluding steroid dienone is 1. The first kappa shape index (κ1) is 20.2. The number of methoxy groups -OCH3 is 1. The van der Waals surface area contributed by atoms with E-state index in [0.717, 1.165) is 54.1 Å². The molecule has 1 amide bonds. The van der Waals surface area contributed by atoms with Crippen molar-refractivity contribution in [1.82, 2.24) is 0 Å². The molecule has 4 rings (SSSR count). The van der Waals surface area contributed by atoms with Crippen LogP contribution in [0.4, 0.5) is 11.4 Å². The van der Waals surface area contributed by atoms with Crippen molar-refractivity contribution in [2.75, 3.05) is 17.3 Å². The molecule has 1 atom stereocenters. The molecule has 0 aromatic heterocycles. The Bertz CT molecular complexity index is 978. The number of Topliss-reactive ketones (excluding diaryl/α,β-unsaturated/α-hetero) is 1. The number of benzene rings is 2. The van der Waals surface area contributed by atoms with E-state index in [1.54, 1.807) is 7.11 Å². The van der Waals surface area contributed by atoms with Gasteiger partial charge in [0.25, 0.3) is 0 Å². The fraction of sp³-hybridized carbons (Fsp3) is 0.360. The molecule has 1 N–H and O–H groups in total. The Morgan fingerprint density at radius 1 is 1.13 bits per heavy atom. The highest BCUT2D eigenvalue weighted by atomic mass is 16.5. The van der Waals surface area contributed by atoms with Gasteiger partial charge in [-0.2, -0.15) is 0 Å². The van der Waals surface area contributed by atoms with Crippen LogP contribution in [0.15, 0.2) is 59.8 Å². The lowest BCUT2D eigenvalue weighted by Gasteiger charge is -2.34. The normalized spacial score (nSPS) is 18.3. The molecule has 0 spiro atoms. The Labute approximate surface area is 177 Å². The molecule has 30 heavy (non-hydrogen) atoms. The van der Waals surface area contributed by atoms with Crippen LogP contribution in [0.5, 0.6) is 5.75 Å². The van der Waals surface area contributed by atoms with Crippen LogP contribution < -0.4 is 15.0 Å². The SMILES string of the molecule is CCCCC(=O)N1c2ccccc2NC2=C(C(=O)CCC2)[C@H]1c1ccc(OC)cc1. The Balaban J connectivity index is 1.92. The molecule has 2 aromatic rings. The van der Waals surface area contributed by atoms with Gasteiger partial charge in [0.2, 0.25) is 5.91 Å². The highest BCUT2D eigenvalue weighted by Gasteiger charge is 2.39. The highest BCUT2D eigenvalue weighted by molar-refractivity contribution is 6.06. The van der Waals surface area contributed by atoms with E-state index in [9.17, 15) is 9.59 Å². The van der Waals surface area contributed by atoms with Gasteiger partial charge in [-0.1, -0.05) is 37.6 Å². The minimum absolute atomic E-state index is 0.0408. The number of hydrogen-bond donors (Lipinski definition) is 1. The van der Waals surface area contributed by atoms with E-state index < -0.39 is 6.04 Å². The smallest absolute Gasteiger partial charge is 0.227 e. The van der Waals surface area contributed by atoms with Crippen LogP contribution in [-0.4, -0.2) is 18.8 Å². The second kappa shape index (κ2) is 8.74. The number of nitrogens with one attached hydrogen (secondary N) is 1. The summed E-state index contributed by atoms with van der Waals surface area (Å²) in [7, 11) is 1.63. The third-order valence-corrected chi connectivity index (χ3v) is 5.88. The van der Waals surface area contributed by atoms with E-state index in [4.69, 9.17) is 4.74 Å². The number of anilines is 2. The number of amides is 1. The maximum Gasteiger partial charge on any atom is 0.227 e. The maximum absolute atomic E-state index is 13.5. The van der Waals surface area contributed by atoms with Gasteiger partial charge in [0.1, 0.15) is 5.75 Å². The third-order valence-electron chi connectivity index (χ3n) is 5.88. The summed E-state index contributed by atoms with van der Waals surface area (Å²) in [5.74, 6) is 0.906. The van der Waals surface area contributed by atoms with Gasteiger partial charge in [0.05, 0.1) is 24.5 Å². The molecule has 0 radical (unpaired) electrons. The average Bonchev–Trinajstić information content (AvgIpc) is 2.92. The van der Waals surface area contributed by atoms with Gasteiger partial charge >= 0.3 is 0 Å². The zero-order valence-electron chi connectivity index (χ0n) is 17.6. The third kappa shape index (κ3) is 3.72. The van der Waals surface area contributed by atoms with Crippen LogP contribution in [-0.2, 0) is 9.59 Å². The number of para-hydroxylation sites is 2. The summed E-state index contributed by atoms with van der Waals surface area (Å²) in [5, 5.41) is 3.50. The Morgan fingerprint density at radius 3 is 2.63 bits per heavy atom. The molecule has 2 aromatic carbocycles. The molecule has 156 valence electrons. The van der Waals surface area contributed by atoms with Crippen LogP contribution in [0.25, 0.3) is 0 Å². The zero-order valence-corrected chi connectivity index (χ0v) is 17.6. The van der Waals surface area contributed by atoms with Crippen LogP contribution in [0.2, 0.25) is 0 Å². The Morgan fingerprint density at radius 2 is 1.90 bits per heavy atom. The van der Waals surface area contributed by atoms with Gasteiger partial charge in [-0.05, 0) is 49.1 Å². The summed E-state index contributed by atoms with van der Waals surface area (Å²) >= 11 is 0. The van der Waals surface area contributed by atoms with E-state index in [-0.39, 0.29) is 11.7 Å². The molecule has 0 bridgehead atoms. The number of ketones is 1. The van der Waals surface area contributed by atoms with Gasteiger partial charge in [-0.25, -0.2) is 0 Å². The lowest BCUT2D eigenvalue weighted by molar-refractivity contribution is -0.119. The van der Waals surface area contributed by atoms with Crippen molar-refractivity contribution >= 4 is 23.1 Å². The molecule has 1 aliphatic heterocycles. The van der Waals surface area contributed by atoms with Gasteiger partial charge in [-0.3, -0.25) is 14.5 Å². The molecule has 0 fully saturated rings. The minimum atomic E-state index is -0.445. The van der Waals surface area contributed by atoms with E-state index in [0.29, 0.717) is 18.4 Å². The number of unbranched alkanes of at least 4 members (excludes halogenated alkanes) is 1. The fourth-order valence-electron chi connectivity index (χ4n) is 4.36. The van der Waals surface area contributed by atoms with Gasteiger partial charge in [0, 0.05) is 24.1 Å². The van der Waals surface area contributed by atoms with Crippen molar-refractivity contribution in [2.45, 2.75) is 51.5 Å². The summed E-state index contributed by atoms with van der Waals surface area (Å²) < 4.78 is 5.32. The quantitative estimate of drug-likeness (QED) is 0.726. The highest BCUT2D eigenvalue weighted by Crippen LogP contribution is 2.45. The lowest BCUT2D eigenvalue weighted by atomic mass is 9.85. The van der Waals surface area contributed by atoms with Crippen LogP contribution in [0.3, 0.4) is 0 Å². The van der Waals surface area contributed by atoms with E-state index in [1.807, 2.05) is 53.4 Å². The summed E-state index contributed by atoms with van der Waals surface area (Å²) in [6.07, 6.45) is 4.36. The van der Waals surface area contributed by atoms with Crippen LogP contribution in [0.1, 0.15) is 57.1 Å². The first-order valence-electron chi connectivity index (χ1n) is 10.7. The molecule has 1 heterocycles. The number of ether oxygens (including phenoxy) is 1. The number of carbonyl (C=O) groups excluding carboxylic acids is 2. The van der Waals surface area contributed by atoms with Crippen molar-refractivity contribution in [2.24, 2.45) is 0 Å². The predicted octanol–water partition coefficient (Wildman–Crippen LogP) is 5.39. The van der Waals surface area contributed by atoms with Gasteiger partial charge in [-0.15, -0.1) is 0 Å². The molecule has 0 unspecified atom stereocenters. The number of nitrogens with zero attached hydrogens (tertiary/aromatic N) is 1. The van der Waals surface area contributed by atoms with E-state index >= 15 is 0 Å².